The third-order valence-corrected chi connectivity index (χ3v) is 3.72. The van der Waals surface area contributed by atoms with Crippen LogP contribution in [0.15, 0.2) is 18.2 Å². The summed E-state index contributed by atoms with van der Waals surface area (Å²) in [4.78, 5) is 14.3. The fourth-order valence-electron chi connectivity index (χ4n) is 2.25. The quantitative estimate of drug-likeness (QED) is 0.845. The first-order valence-electron chi connectivity index (χ1n) is 6.42. The SMILES string of the molecule is COc1cccc(C(=O)N(CCCl)C2CCC2)c1O. The molecule has 0 heterocycles. The van der Waals surface area contributed by atoms with Crippen LogP contribution in [0.2, 0.25) is 0 Å². The van der Waals surface area contributed by atoms with E-state index in [0.717, 1.165) is 19.3 Å². The number of aromatic hydroxyl groups is 1. The van der Waals surface area contributed by atoms with Gasteiger partial charge in [-0.2, -0.15) is 0 Å². The third-order valence-electron chi connectivity index (χ3n) is 3.55. The summed E-state index contributed by atoms with van der Waals surface area (Å²) in [6.45, 7) is 0.502. The van der Waals surface area contributed by atoms with E-state index in [1.807, 2.05) is 0 Å². The molecular formula is C14H18ClNO3. The van der Waals surface area contributed by atoms with Gasteiger partial charge < -0.3 is 14.7 Å². The van der Waals surface area contributed by atoms with E-state index >= 15 is 0 Å². The molecule has 5 heteroatoms. The maximum absolute atomic E-state index is 12.5. The van der Waals surface area contributed by atoms with Gasteiger partial charge in [-0.05, 0) is 31.4 Å². The van der Waals surface area contributed by atoms with E-state index in [9.17, 15) is 9.90 Å². The number of methoxy groups -OCH3 is 1. The Kier molecular flexibility index (Phi) is 4.53. The lowest BCUT2D eigenvalue weighted by Crippen LogP contribution is -2.45. The summed E-state index contributed by atoms with van der Waals surface area (Å²) in [7, 11) is 1.46. The first-order chi connectivity index (χ1) is 9.19. The zero-order valence-electron chi connectivity index (χ0n) is 10.9. The summed E-state index contributed by atoms with van der Waals surface area (Å²) in [5.41, 5.74) is 0.274. The molecule has 19 heavy (non-hydrogen) atoms. The average molecular weight is 284 g/mol. The van der Waals surface area contributed by atoms with Crippen molar-refractivity contribution in [2.75, 3.05) is 19.5 Å². The van der Waals surface area contributed by atoms with Gasteiger partial charge in [0, 0.05) is 18.5 Å². The Morgan fingerprint density at radius 1 is 1.53 bits per heavy atom. The predicted octanol–water partition coefficient (Wildman–Crippen LogP) is 2.63. The molecule has 1 aliphatic carbocycles. The van der Waals surface area contributed by atoms with E-state index in [0.29, 0.717) is 18.2 Å². The molecule has 0 spiro atoms. The highest BCUT2D eigenvalue weighted by atomic mass is 35.5. The summed E-state index contributed by atoms with van der Waals surface area (Å²) in [6, 6.07) is 5.18. The first-order valence-corrected chi connectivity index (χ1v) is 6.95. The summed E-state index contributed by atoms with van der Waals surface area (Å²) >= 11 is 5.77. The molecule has 1 fully saturated rings. The van der Waals surface area contributed by atoms with Gasteiger partial charge in [-0.1, -0.05) is 6.07 Å². The third kappa shape index (κ3) is 2.78. The zero-order chi connectivity index (χ0) is 13.8. The van der Waals surface area contributed by atoms with Gasteiger partial charge in [0.05, 0.1) is 12.7 Å². The molecule has 0 unspecified atom stereocenters. The van der Waals surface area contributed by atoms with Crippen LogP contribution in [-0.4, -0.2) is 41.5 Å². The number of halogens is 1. The number of amides is 1. The van der Waals surface area contributed by atoms with E-state index in [1.165, 1.54) is 7.11 Å². The second kappa shape index (κ2) is 6.15. The smallest absolute Gasteiger partial charge is 0.258 e. The predicted molar refractivity (Wildman–Crippen MR) is 74.1 cm³/mol. The number of alkyl halides is 1. The molecular weight excluding hydrogens is 266 g/mol. The van der Waals surface area contributed by atoms with Crippen LogP contribution in [0, 0.1) is 0 Å². The van der Waals surface area contributed by atoms with Crippen molar-refractivity contribution in [1.29, 1.82) is 0 Å². The molecule has 1 aliphatic rings. The highest BCUT2D eigenvalue weighted by Gasteiger charge is 2.30. The minimum absolute atomic E-state index is 0.103. The fourth-order valence-corrected chi connectivity index (χ4v) is 2.44. The molecule has 0 aromatic heterocycles. The lowest BCUT2D eigenvalue weighted by atomic mass is 9.91. The van der Waals surface area contributed by atoms with Gasteiger partial charge in [0.2, 0.25) is 0 Å². The number of para-hydroxylation sites is 1. The van der Waals surface area contributed by atoms with Crippen LogP contribution in [0.5, 0.6) is 11.5 Å². The van der Waals surface area contributed by atoms with Gasteiger partial charge in [0.1, 0.15) is 0 Å². The summed E-state index contributed by atoms with van der Waals surface area (Å²) in [6.07, 6.45) is 3.15. The highest BCUT2D eigenvalue weighted by molar-refractivity contribution is 6.18. The number of rotatable bonds is 5. The summed E-state index contributed by atoms with van der Waals surface area (Å²) in [5, 5.41) is 10.0. The number of ether oxygens (including phenoxy) is 1. The number of carbonyl (C=O) groups excluding carboxylic acids is 1. The van der Waals surface area contributed by atoms with Crippen molar-refractivity contribution in [2.24, 2.45) is 0 Å². The minimum atomic E-state index is -0.179. The molecule has 0 saturated heterocycles. The number of carbonyl (C=O) groups is 1. The molecule has 4 nitrogen and oxygen atoms in total. The normalized spacial score (nSPS) is 14.8. The number of phenolic OH excluding ortho intramolecular Hbond substituents is 1. The Bertz CT molecular complexity index is 460. The molecule has 0 aliphatic heterocycles. The van der Waals surface area contributed by atoms with E-state index in [1.54, 1.807) is 23.1 Å². The minimum Gasteiger partial charge on any atom is -0.504 e. The second-order valence-corrected chi connectivity index (χ2v) is 5.01. The lowest BCUT2D eigenvalue weighted by Gasteiger charge is -2.37. The molecule has 1 aromatic carbocycles. The van der Waals surface area contributed by atoms with Crippen LogP contribution >= 0.6 is 11.6 Å². The monoisotopic (exact) mass is 283 g/mol. The lowest BCUT2D eigenvalue weighted by molar-refractivity contribution is 0.0594. The second-order valence-electron chi connectivity index (χ2n) is 4.63. The van der Waals surface area contributed by atoms with Crippen LogP contribution in [-0.2, 0) is 0 Å². The van der Waals surface area contributed by atoms with Crippen molar-refractivity contribution in [3.63, 3.8) is 0 Å². The highest BCUT2D eigenvalue weighted by Crippen LogP contribution is 2.32. The fraction of sp³-hybridized carbons (Fsp3) is 0.500. The number of benzene rings is 1. The van der Waals surface area contributed by atoms with Crippen molar-refractivity contribution >= 4 is 17.5 Å². The Morgan fingerprint density at radius 2 is 2.26 bits per heavy atom. The van der Waals surface area contributed by atoms with Gasteiger partial charge in [-0.15, -0.1) is 11.6 Å². The Morgan fingerprint density at radius 3 is 2.79 bits per heavy atom. The van der Waals surface area contributed by atoms with E-state index in [-0.39, 0.29) is 23.3 Å². The van der Waals surface area contributed by atoms with Crippen molar-refractivity contribution in [3.8, 4) is 11.5 Å². The molecule has 104 valence electrons. The first kappa shape index (κ1) is 14.0. The zero-order valence-corrected chi connectivity index (χ0v) is 11.7. The van der Waals surface area contributed by atoms with Crippen molar-refractivity contribution in [2.45, 2.75) is 25.3 Å². The molecule has 0 atom stereocenters. The van der Waals surface area contributed by atoms with E-state index in [4.69, 9.17) is 16.3 Å². The van der Waals surface area contributed by atoms with Crippen molar-refractivity contribution < 1.29 is 14.6 Å². The van der Waals surface area contributed by atoms with Crippen LogP contribution < -0.4 is 4.74 Å². The molecule has 1 N–H and O–H groups in total. The standard InChI is InChI=1S/C14H18ClNO3/c1-19-12-7-3-6-11(13(12)17)14(18)16(9-8-15)10-4-2-5-10/h3,6-7,10,17H,2,4-5,8-9H2,1H3. The summed E-state index contributed by atoms with van der Waals surface area (Å²) < 4.78 is 5.03. The Hall–Kier alpha value is -1.42. The molecule has 0 bridgehead atoms. The van der Waals surface area contributed by atoms with Crippen LogP contribution in [0.3, 0.4) is 0 Å². The van der Waals surface area contributed by atoms with Gasteiger partial charge >= 0.3 is 0 Å². The maximum atomic E-state index is 12.5. The molecule has 1 aromatic rings. The summed E-state index contributed by atoms with van der Waals surface area (Å²) in [5.74, 6) is 0.424. The van der Waals surface area contributed by atoms with Crippen molar-refractivity contribution in [1.82, 2.24) is 4.90 Å². The van der Waals surface area contributed by atoms with Gasteiger partial charge in [-0.3, -0.25) is 4.79 Å². The van der Waals surface area contributed by atoms with Gasteiger partial charge in [0.15, 0.2) is 11.5 Å². The Balaban J connectivity index is 2.25. The van der Waals surface area contributed by atoms with E-state index < -0.39 is 0 Å². The maximum Gasteiger partial charge on any atom is 0.258 e. The molecule has 2 rings (SSSR count). The average Bonchev–Trinajstić information content (AvgIpc) is 2.35. The van der Waals surface area contributed by atoms with Crippen molar-refractivity contribution in [3.05, 3.63) is 23.8 Å². The van der Waals surface area contributed by atoms with Crippen LogP contribution in [0.25, 0.3) is 0 Å². The molecule has 1 amide bonds. The molecule has 0 radical (unpaired) electrons. The Labute approximate surface area is 117 Å². The topological polar surface area (TPSA) is 49.8 Å². The number of phenols is 1. The number of hydrogen-bond acceptors (Lipinski definition) is 3. The van der Waals surface area contributed by atoms with Crippen LogP contribution in [0.1, 0.15) is 29.6 Å². The molecule has 1 saturated carbocycles. The largest absolute Gasteiger partial charge is 0.504 e. The van der Waals surface area contributed by atoms with Crippen LogP contribution in [0.4, 0.5) is 0 Å². The number of nitrogens with zero attached hydrogens (tertiary/aromatic N) is 1. The number of hydrogen-bond donors (Lipinski definition) is 1. The van der Waals surface area contributed by atoms with Gasteiger partial charge in [-0.25, -0.2) is 0 Å². The van der Waals surface area contributed by atoms with Gasteiger partial charge in [0.25, 0.3) is 5.91 Å². The van der Waals surface area contributed by atoms with E-state index in [2.05, 4.69) is 0 Å².